The molecule has 0 unspecified atom stereocenters. The van der Waals surface area contributed by atoms with Crippen molar-refractivity contribution in [3.8, 4) is 0 Å². The van der Waals surface area contributed by atoms with E-state index in [0.717, 1.165) is 0 Å². The zero-order valence-electron chi connectivity index (χ0n) is 9.58. The largest absolute Gasteiger partial charge is 0.349 e. The van der Waals surface area contributed by atoms with E-state index in [1.165, 1.54) is 0 Å². The fourth-order valence-electron chi connectivity index (χ4n) is 1.15. The van der Waals surface area contributed by atoms with E-state index in [1.807, 2.05) is 13.8 Å². The van der Waals surface area contributed by atoms with Crippen molar-refractivity contribution in [2.75, 3.05) is 6.54 Å². The Kier molecular flexibility index (Phi) is 5.32. The minimum absolute atomic E-state index is 0. The molecular formula is C10H17Cl2N3O. The molecule has 1 aromatic rings. The number of hydrogen-bond acceptors (Lipinski definition) is 2. The highest BCUT2D eigenvalue weighted by molar-refractivity contribution is 6.31. The number of hydrogen-bond donors (Lipinski definition) is 2. The second-order valence-corrected chi connectivity index (χ2v) is 4.76. The van der Waals surface area contributed by atoms with Gasteiger partial charge in [-0.15, -0.1) is 12.4 Å². The summed E-state index contributed by atoms with van der Waals surface area (Å²) in [5.41, 5.74) is 5.88. The van der Waals surface area contributed by atoms with Gasteiger partial charge in [0.2, 0.25) is 0 Å². The highest BCUT2D eigenvalue weighted by Gasteiger charge is 2.15. The predicted molar refractivity (Wildman–Crippen MR) is 68.3 cm³/mol. The third-order valence-corrected chi connectivity index (χ3v) is 2.12. The molecule has 92 valence electrons. The zero-order chi connectivity index (χ0) is 11.6. The molecule has 0 aliphatic heterocycles. The van der Waals surface area contributed by atoms with E-state index in [0.29, 0.717) is 17.3 Å². The van der Waals surface area contributed by atoms with Crippen LogP contribution < -0.4 is 11.1 Å². The molecule has 0 saturated carbocycles. The van der Waals surface area contributed by atoms with Gasteiger partial charge in [-0.25, -0.2) is 0 Å². The summed E-state index contributed by atoms with van der Waals surface area (Å²) in [5, 5.41) is 3.30. The van der Waals surface area contributed by atoms with Crippen LogP contribution in [0.2, 0.25) is 5.02 Å². The van der Waals surface area contributed by atoms with Gasteiger partial charge in [-0.05, 0) is 19.9 Å². The molecule has 16 heavy (non-hydrogen) atoms. The summed E-state index contributed by atoms with van der Waals surface area (Å²) in [6.07, 6.45) is 1.68. The molecule has 6 heteroatoms. The highest BCUT2D eigenvalue weighted by Crippen LogP contribution is 2.12. The number of carbonyl (C=O) groups is 1. The van der Waals surface area contributed by atoms with Gasteiger partial charge in [0.05, 0.1) is 5.02 Å². The lowest BCUT2D eigenvalue weighted by Crippen LogP contribution is -2.45. The summed E-state index contributed by atoms with van der Waals surface area (Å²) in [6.45, 7) is 4.13. The number of rotatable bonds is 3. The lowest BCUT2D eigenvalue weighted by molar-refractivity contribution is 0.0938. The normalized spacial score (nSPS) is 10.8. The van der Waals surface area contributed by atoms with Gasteiger partial charge < -0.3 is 15.6 Å². The van der Waals surface area contributed by atoms with Crippen LogP contribution in [0.4, 0.5) is 0 Å². The van der Waals surface area contributed by atoms with Crippen LogP contribution in [0.5, 0.6) is 0 Å². The Morgan fingerprint density at radius 1 is 1.62 bits per heavy atom. The molecule has 0 spiro atoms. The van der Waals surface area contributed by atoms with Crippen molar-refractivity contribution in [3.05, 3.63) is 23.0 Å². The van der Waals surface area contributed by atoms with E-state index in [-0.39, 0.29) is 18.3 Å². The van der Waals surface area contributed by atoms with Crippen LogP contribution in [0.1, 0.15) is 24.3 Å². The predicted octanol–water partition coefficient (Wildman–Crippen LogP) is 1.57. The van der Waals surface area contributed by atoms with Crippen molar-refractivity contribution in [2.24, 2.45) is 12.8 Å². The maximum atomic E-state index is 11.7. The summed E-state index contributed by atoms with van der Waals surface area (Å²) >= 11 is 5.77. The quantitative estimate of drug-likeness (QED) is 0.872. The third kappa shape index (κ3) is 4.43. The van der Waals surface area contributed by atoms with Gasteiger partial charge in [-0.1, -0.05) is 11.6 Å². The van der Waals surface area contributed by atoms with Crippen LogP contribution >= 0.6 is 24.0 Å². The number of halogens is 2. The standard InChI is InChI=1S/C10H16ClN3O.ClH/c1-10(2,12)6-13-9(15)8-4-7(11)5-14(8)3;/h4-5H,6,12H2,1-3H3,(H,13,15);1H. The number of aromatic nitrogens is 1. The molecule has 0 aliphatic rings. The molecule has 1 amide bonds. The van der Waals surface area contributed by atoms with Gasteiger partial charge in [0, 0.05) is 25.3 Å². The average Bonchev–Trinajstić information content (AvgIpc) is 2.40. The lowest BCUT2D eigenvalue weighted by Gasteiger charge is -2.18. The van der Waals surface area contributed by atoms with Crippen LogP contribution in [-0.4, -0.2) is 22.6 Å². The minimum atomic E-state index is -0.412. The molecule has 0 atom stereocenters. The van der Waals surface area contributed by atoms with E-state index >= 15 is 0 Å². The van der Waals surface area contributed by atoms with Gasteiger partial charge in [-0.2, -0.15) is 0 Å². The summed E-state index contributed by atoms with van der Waals surface area (Å²) in [6, 6.07) is 1.63. The molecular weight excluding hydrogens is 249 g/mol. The Labute approximate surface area is 107 Å². The van der Waals surface area contributed by atoms with Gasteiger partial charge in [0.15, 0.2) is 0 Å². The maximum absolute atomic E-state index is 11.7. The van der Waals surface area contributed by atoms with Crippen LogP contribution in [0.25, 0.3) is 0 Å². The Bertz CT molecular complexity index is 369. The van der Waals surface area contributed by atoms with E-state index in [9.17, 15) is 4.79 Å². The Morgan fingerprint density at radius 2 is 2.19 bits per heavy atom. The van der Waals surface area contributed by atoms with Crippen molar-refractivity contribution >= 4 is 29.9 Å². The summed E-state index contributed by atoms with van der Waals surface area (Å²) in [4.78, 5) is 11.7. The molecule has 0 bridgehead atoms. The Balaban J connectivity index is 0.00000225. The fourth-order valence-corrected chi connectivity index (χ4v) is 1.40. The van der Waals surface area contributed by atoms with Crippen LogP contribution in [0.3, 0.4) is 0 Å². The van der Waals surface area contributed by atoms with Crippen molar-refractivity contribution < 1.29 is 4.79 Å². The number of carbonyl (C=O) groups excluding carboxylic acids is 1. The molecule has 0 saturated heterocycles. The SMILES string of the molecule is Cl.Cn1cc(Cl)cc1C(=O)NCC(C)(C)N. The third-order valence-electron chi connectivity index (χ3n) is 1.91. The number of nitrogens with one attached hydrogen (secondary N) is 1. The fraction of sp³-hybridized carbons (Fsp3) is 0.500. The van der Waals surface area contributed by atoms with E-state index in [2.05, 4.69) is 5.32 Å². The molecule has 0 aromatic carbocycles. The molecule has 1 rings (SSSR count). The first-order valence-electron chi connectivity index (χ1n) is 4.68. The van der Waals surface area contributed by atoms with E-state index in [4.69, 9.17) is 17.3 Å². The van der Waals surface area contributed by atoms with Gasteiger partial charge in [-0.3, -0.25) is 4.79 Å². The average molecular weight is 266 g/mol. The number of nitrogens with zero attached hydrogens (tertiary/aromatic N) is 1. The second-order valence-electron chi connectivity index (χ2n) is 4.33. The first kappa shape index (κ1) is 15.3. The van der Waals surface area contributed by atoms with E-state index < -0.39 is 5.54 Å². The molecule has 0 aliphatic carbocycles. The number of aryl methyl sites for hydroxylation is 1. The Morgan fingerprint density at radius 3 is 2.56 bits per heavy atom. The summed E-state index contributed by atoms with van der Waals surface area (Å²) in [5.74, 6) is -0.164. The molecule has 0 fully saturated rings. The van der Waals surface area contributed by atoms with Crippen LogP contribution in [-0.2, 0) is 7.05 Å². The van der Waals surface area contributed by atoms with Crippen molar-refractivity contribution in [2.45, 2.75) is 19.4 Å². The van der Waals surface area contributed by atoms with Crippen LogP contribution in [0.15, 0.2) is 12.3 Å². The van der Waals surface area contributed by atoms with Crippen molar-refractivity contribution in [1.29, 1.82) is 0 Å². The van der Waals surface area contributed by atoms with Crippen LogP contribution in [0, 0.1) is 0 Å². The summed E-state index contributed by atoms with van der Waals surface area (Å²) in [7, 11) is 1.77. The van der Waals surface area contributed by atoms with Crippen molar-refractivity contribution in [1.82, 2.24) is 9.88 Å². The molecule has 4 nitrogen and oxygen atoms in total. The molecule has 0 radical (unpaired) electrons. The van der Waals surface area contributed by atoms with Gasteiger partial charge in [0.25, 0.3) is 5.91 Å². The van der Waals surface area contributed by atoms with Gasteiger partial charge >= 0.3 is 0 Å². The molecule has 1 heterocycles. The minimum Gasteiger partial charge on any atom is -0.349 e. The topological polar surface area (TPSA) is 60.0 Å². The second kappa shape index (κ2) is 5.57. The highest BCUT2D eigenvalue weighted by atomic mass is 35.5. The first-order chi connectivity index (χ1) is 6.79. The maximum Gasteiger partial charge on any atom is 0.268 e. The molecule has 1 aromatic heterocycles. The smallest absolute Gasteiger partial charge is 0.268 e. The first-order valence-corrected chi connectivity index (χ1v) is 5.06. The van der Waals surface area contributed by atoms with Crippen molar-refractivity contribution in [3.63, 3.8) is 0 Å². The van der Waals surface area contributed by atoms with Gasteiger partial charge in [0.1, 0.15) is 5.69 Å². The monoisotopic (exact) mass is 265 g/mol. The zero-order valence-corrected chi connectivity index (χ0v) is 11.2. The number of nitrogens with two attached hydrogens (primary N) is 1. The lowest BCUT2D eigenvalue weighted by atomic mass is 10.1. The van der Waals surface area contributed by atoms with E-state index in [1.54, 1.807) is 23.9 Å². The molecule has 3 N–H and O–H groups in total. The number of amides is 1. The Hall–Kier alpha value is -0.710. The summed E-state index contributed by atoms with van der Waals surface area (Å²) < 4.78 is 1.68.